The highest BCUT2D eigenvalue weighted by molar-refractivity contribution is 6.30. The fourth-order valence-electron chi connectivity index (χ4n) is 4.37. The van der Waals surface area contributed by atoms with Crippen LogP contribution in [0, 0.1) is 5.92 Å². The van der Waals surface area contributed by atoms with Gasteiger partial charge in [-0.2, -0.15) is 0 Å². The second-order valence-corrected chi connectivity index (χ2v) is 7.57. The SMILES string of the molecule is COc1ccc2c(c1)C1CCC(C(=O)O)CC1N2C(=O)c1ccc(Cl)cc1. The summed E-state index contributed by atoms with van der Waals surface area (Å²) in [5.41, 5.74) is 2.45. The van der Waals surface area contributed by atoms with E-state index in [1.165, 1.54) is 0 Å². The fourth-order valence-corrected chi connectivity index (χ4v) is 4.49. The minimum absolute atomic E-state index is 0.127. The predicted molar refractivity (Wildman–Crippen MR) is 103 cm³/mol. The minimum atomic E-state index is -0.791. The molecule has 0 bridgehead atoms. The number of carboxylic acids is 1. The van der Waals surface area contributed by atoms with Crippen molar-refractivity contribution in [3.8, 4) is 5.75 Å². The van der Waals surface area contributed by atoms with Gasteiger partial charge >= 0.3 is 5.97 Å². The molecule has 1 aliphatic heterocycles. The Balaban J connectivity index is 1.76. The van der Waals surface area contributed by atoms with Crippen molar-refractivity contribution in [1.29, 1.82) is 0 Å². The van der Waals surface area contributed by atoms with Gasteiger partial charge in [0.15, 0.2) is 0 Å². The highest BCUT2D eigenvalue weighted by Gasteiger charge is 2.46. The van der Waals surface area contributed by atoms with Crippen molar-refractivity contribution in [1.82, 2.24) is 0 Å². The molecule has 6 heteroatoms. The van der Waals surface area contributed by atoms with E-state index in [4.69, 9.17) is 16.3 Å². The number of carboxylic acid groups (broad SMARTS) is 1. The van der Waals surface area contributed by atoms with Gasteiger partial charge in [-0.05, 0) is 67.3 Å². The zero-order valence-electron chi connectivity index (χ0n) is 14.9. The fraction of sp³-hybridized carbons (Fsp3) is 0.333. The molecule has 1 saturated carbocycles. The van der Waals surface area contributed by atoms with Crippen molar-refractivity contribution in [3.63, 3.8) is 0 Å². The summed E-state index contributed by atoms with van der Waals surface area (Å²) in [6, 6.07) is 12.4. The van der Waals surface area contributed by atoms with Gasteiger partial charge in [0.1, 0.15) is 5.75 Å². The monoisotopic (exact) mass is 385 g/mol. The Morgan fingerprint density at radius 3 is 2.56 bits per heavy atom. The maximum Gasteiger partial charge on any atom is 0.306 e. The van der Waals surface area contributed by atoms with Crippen LogP contribution in [0.5, 0.6) is 5.75 Å². The molecule has 3 unspecified atom stereocenters. The molecule has 2 aliphatic rings. The third-order valence-corrected chi connectivity index (χ3v) is 5.95. The quantitative estimate of drug-likeness (QED) is 0.853. The smallest absolute Gasteiger partial charge is 0.306 e. The summed E-state index contributed by atoms with van der Waals surface area (Å²) >= 11 is 5.95. The standard InChI is InChI=1S/C21H20ClNO4/c1-27-15-7-9-18-17(11-15)16-8-4-13(21(25)26)10-19(16)23(18)20(24)12-2-5-14(22)6-3-12/h2-3,5-7,9,11,13,16,19H,4,8,10H2,1H3,(H,25,26). The van der Waals surface area contributed by atoms with Gasteiger partial charge in [-0.15, -0.1) is 0 Å². The lowest BCUT2D eigenvalue weighted by molar-refractivity contribution is -0.143. The van der Waals surface area contributed by atoms with Crippen molar-refractivity contribution >= 4 is 29.2 Å². The van der Waals surface area contributed by atoms with Crippen LogP contribution < -0.4 is 9.64 Å². The lowest BCUT2D eigenvalue weighted by atomic mass is 9.77. The summed E-state index contributed by atoms with van der Waals surface area (Å²) in [4.78, 5) is 26.6. The van der Waals surface area contributed by atoms with Crippen LogP contribution in [-0.4, -0.2) is 30.1 Å². The van der Waals surface area contributed by atoms with Gasteiger partial charge < -0.3 is 14.7 Å². The number of carbonyl (C=O) groups excluding carboxylic acids is 1. The van der Waals surface area contributed by atoms with E-state index in [1.54, 1.807) is 36.3 Å². The molecular weight excluding hydrogens is 366 g/mol. The number of rotatable bonds is 3. The first kappa shape index (κ1) is 17.9. The maximum absolute atomic E-state index is 13.3. The van der Waals surface area contributed by atoms with E-state index in [0.29, 0.717) is 23.4 Å². The Hall–Kier alpha value is -2.53. The van der Waals surface area contributed by atoms with Crippen LogP contribution >= 0.6 is 11.6 Å². The normalized spacial score (nSPS) is 23.5. The van der Waals surface area contributed by atoms with Crippen LogP contribution in [0.25, 0.3) is 0 Å². The Bertz CT molecular complexity index is 896. The van der Waals surface area contributed by atoms with E-state index in [0.717, 1.165) is 23.4 Å². The summed E-state index contributed by atoms with van der Waals surface area (Å²) in [7, 11) is 1.62. The highest BCUT2D eigenvalue weighted by Crippen LogP contribution is 2.50. The Morgan fingerprint density at radius 2 is 1.89 bits per heavy atom. The van der Waals surface area contributed by atoms with Gasteiger partial charge in [-0.1, -0.05) is 11.6 Å². The summed E-state index contributed by atoms with van der Waals surface area (Å²) < 4.78 is 5.36. The van der Waals surface area contributed by atoms with Gasteiger partial charge in [0.2, 0.25) is 0 Å². The summed E-state index contributed by atoms with van der Waals surface area (Å²) in [5.74, 6) is -0.476. The highest BCUT2D eigenvalue weighted by atomic mass is 35.5. The van der Waals surface area contributed by atoms with Crippen LogP contribution in [0.3, 0.4) is 0 Å². The first-order valence-electron chi connectivity index (χ1n) is 8.99. The molecule has 1 aliphatic carbocycles. The minimum Gasteiger partial charge on any atom is -0.497 e. The van der Waals surface area contributed by atoms with E-state index >= 15 is 0 Å². The molecule has 1 N–H and O–H groups in total. The first-order chi connectivity index (χ1) is 13.0. The van der Waals surface area contributed by atoms with Gasteiger partial charge in [-0.25, -0.2) is 0 Å². The zero-order valence-corrected chi connectivity index (χ0v) is 15.6. The Labute approximate surface area is 162 Å². The third-order valence-electron chi connectivity index (χ3n) is 5.70. The second kappa shape index (κ2) is 6.89. The molecule has 0 spiro atoms. The predicted octanol–water partition coefficient (Wildman–Crippen LogP) is 4.35. The number of nitrogens with zero attached hydrogens (tertiary/aromatic N) is 1. The molecule has 1 heterocycles. The number of hydrogen-bond donors (Lipinski definition) is 1. The van der Waals surface area contributed by atoms with Gasteiger partial charge in [-0.3, -0.25) is 9.59 Å². The number of carbonyl (C=O) groups is 2. The molecule has 2 aromatic carbocycles. The van der Waals surface area contributed by atoms with Crippen LogP contribution in [0.2, 0.25) is 5.02 Å². The molecule has 0 saturated heterocycles. The van der Waals surface area contributed by atoms with Gasteiger partial charge in [0.05, 0.1) is 13.0 Å². The molecule has 1 amide bonds. The molecule has 27 heavy (non-hydrogen) atoms. The van der Waals surface area contributed by atoms with Crippen LogP contribution in [-0.2, 0) is 4.79 Å². The van der Waals surface area contributed by atoms with Crippen molar-refractivity contribution in [2.24, 2.45) is 5.92 Å². The van der Waals surface area contributed by atoms with Crippen molar-refractivity contribution in [3.05, 3.63) is 58.6 Å². The zero-order chi connectivity index (χ0) is 19.1. The molecule has 4 rings (SSSR count). The van der Waals surface area contributed by atoms with E-state index in [9.17, 15) is 14.7 Å². The molecule has 3 atom stereocenters. The molecule has 0 aromatic heterocycles. The Morgan fingerprint density at radius 1 is 1.15 bits per heavy atom. The topological polar surface area (TPSA) is 66.8 Å². The third kappa shape index (κ3) is 3.06. The first-order valence-corrected chi connectivity index (χ1v) is 9.37. The number of fused-ring (bicyclic) bond motifs is 3. The lowest BCUT2D eigenvalue weighted by Gasteiger charge is -2.35. The van der Waals surface area contributed by atoms with Crippen LogP contribution in [0.15, 0.2) is 42.5 Å². The van der Waals surface area contributed by atoms with Crippen molar-refractivity contribution < 1.29 is 19.4 Å². The molecular formula is C21H20ClNO4. The average molecular weight is 386 g/mol. The lowest BCUT2D eigenvalue weighted by Crippen LogP contribution is -2.43. The molecule has 1 fully saturated rings. The van der Waals surface area contributed by atoms with E-state index in [2.05, 4.69) is 0 Å². The second-order valence-electron chi connectivity index (χ2n) is 7.13. The van der Waals surface area contributed by atoms with Crippen LogP contribution in [0.4, 0.5) is 5.69 Å². The number of hydrogen-bond acceptors (Lipinski definition) is 3. The number of halogens is 1. The van der Waals surface area contributed by atoms with Crippen LogP contribution in [0.1, 0.15) is 41.1 Å². The number of methoxy groups -OCH3 is 1. The summed E-state index contributed by atoms with van der Waals surface area (Å²) in [6.07, 6.45) is 1.82. The van der Waals surface area contributed by atoms with Crippen molar-refractivity contribution in [2.45, 2.75) is 31.2 Å². The molecule has 5 nitrogen and oxygen atoms in total. The number of aliphatic carboxylic acids is 1. The van der Waals surface area contributed by atoms with E-state index in [-0.39, 0.29) is 17.9 Å². The maximum atomic E-state index is 13.3. The number of benzene rings is 2. The summed E-state index contributed by atoms with van der Waals surface area (Å²) in [5, 5.41) is 10.1. The van der Waals surface area contributed by atoms with E-state index < -0.39 is 11.9 Å². The number of anilines is 1. The summed E-state index contributed by atoms with van der Waals surface area (Å²) in [6.45, 7) is 0. The number of ether oxygens (including phenoxy) is 1. The molecule has 140 valence electrons. The molecule has 0 radical (unpaired) electrons. The van der Waals surface area contributed by atoms with Gasteiger partial charge in [0, 0.05) is 28.2 Å². The number of amides is 1. The molecule has 2 aromatic rings. The average Bonchev–Trinajstić information content (AvgIpc) is 3.00. The van der Waals surface area contributed by atoms with Gasteiger partial charge in [0.25, 0.3) is 5.91 Å². The Kier molecular flexibility index (Phi) is 4.56. The largest absolute Gasteiger partial charge is 0.497 e. The van der Waals surface area contributed by atoms with Crippen molar-refractivity contribution in [2.75, 3.05) is 12.0 Å². The van der Waals surface area contributed by atoms with E-state index in [1.807, 2.05) is 18.2 Å².